The summed E-state index contributed by atoms with van der Waals surface area (Å²) >= 11 is 6.44. The van der Waals surface area contributed by atoms with Crippen LogP contribution in [-0.4, -0.2) is 64.3 Å². The summed E-state index contributed by atoms with van der Waals surface area (Å²) in [5.74, 6) is 1.30. The number of benzene rings is 1. The van der Waals surface area contributed by atoms with E-state index in [1.54, 1.807) is 13.3 Å². The zero-order chi connectivity index (χ0) is 26.3. The fraction of sp³-hybridized carbons (Fsp3) is 0.519. The van der Waals surface area contributed by atoms with E-state index in [9.17, 15) is 9.90 Å². The molecule has 3 aliphatic rings. The van der Waals surface area contributed by atoms with Gasteiger partial charge in [-0.25, -0.2) is 4.98 Å². The maximum Gasteiger partial charge on any atom is 0.229 e. The van der Waals surface area contributed by atoms with Crippen molar-refractivity contribution < 1.29 is 14.6 Å². The molecule has 5 N–H and O–H groups in total. The fourth-order valence-corrected chi connectivity index (χ4v) is 6.13. The van der Waals surface area contributed by atoms with Crippen LogP contribution >= 0.6 is 11.6 Å². The number of rotatable bonds is 8. The minimum absolute atomic E-state index is 0.151. The van der Waals surface area contributed by atoms with Crippen molar-refractivity contribution in [3.05, 3.63) is 46.6 Å². The molecule has 1 amide bonds. The maximum absolute atomic E-state index is 12.1. The monoisotopic (exact) mass is 526 g/mol. The van der Waals surface area contributed by atoms with Crippen LogP contribution in [0.4, 0.5) is 17.5 Å². The van der Waals surface area contributed by atoms with Gasteiger partial charge in [-0.15, -0.1) is 0 Å². The van der Waals surface area contributed by atoms with Crippen molar-refractivity contribution in [3.63, 3.8) is 0 Å². The van der Waals surface area contributed by atoms with E-state index >= 15 is 0 Å². The first kappa shape index (κ1) is 25.8. The molecule has 1 fully saturated rings. The predicted octanol–water partition coefficient (Wildman–Crippen LogP) is 3.14. The standard InChI is InChI=1S/C27H35ClN6O3/c1-27(2,36)14-34-8-6-15-11-20(21(37-3)12-16(15)7-9-34)31-26-30-13-19(28)25(33-26)32-23-18-5-4-17(10-18)22(23)24(29)35/h4-5,11-13,17-18,22-23,36H,6-10,14H2,1-3H3,(H2,29,35)(H2,30,31,32,33)/t17-,18+,22+,23-/m1/s1. The molecular weight excluding hydrogens is 492 g/mol. The Balaban J connectivity index is 1.35. The first-order valence-electron chi connectivity index (χ1n) is 12.8. The van der Waals surface area contributed by atoms with Gasteiger partial charge in [0, 0.05) is 25.7 Å². The van der Waals surface area contributed by atoms with Crippen molar-refractivity contribution in [2.75, 3.05) is 37.4 Å². The van der Waals surface area contributed by atoms with Gasteiger partial charge in [0.2, 0.25) is 11.9 Å². The number of hydrogen-bond acceptors (Lipinski definition) is 8. The molecule has 9 nitrogen and oxygen atoms in total. The molecule has 4 atom stereocenters. The Hall–Kier alpha value is -2.88. The van der Waals surface area contributed by atoms with Gasteiger partial charge >= 0.3 is 0 Å². The van der Waals surface area contributed by atoms with E-state index in [-0.39, 0.29) is 29.7 Å². The summed E-state index contributed by atoms with van der Waals surface area (Å²) < 4.78 is 5.70. The summed E-state index contributed by atoms with van der Waals surface area (Å²) in [5, 5.41) is 17.3. The lowest BCUT2D eigenvalue weighted by atomic mass is 9.88. The van der Waals surface area contributed by atoms with E-state index in [0.29, 0.717) is 29.1 Å². The van der Waals surface area contributed by atoms with Crippen LogP contribution in [0.1, 0.15) is 31.4 Å². The van der Waals surface area contributed by atoms with E-state index in [1.807, 2.05) is 13.8 Å². The number of nitrogens with one attached hydrogen (secondary N) is 2. The summed E-state index contributed by atoms with van der Waals surface area (Å²) in [4.78, 5) is 23.4. The molecule has 1 saturated carbocycles. The quantitative estimate of drug-likeness (QED) is 0.386. The number of halogens is 1. The Kier molecular flexibility index (Phi) is 7.04. The number of aliphatic hydroxyl groups is 1. The molecule has 2 aromatic rings. The third-order valence-corrected chi connectivity index (χ3v) is 7.89. The molecular formula is C27H35ClN6O3. The number of carbonyl (C=O) groups is 1. The van der Waals surface area contributed by atoms with E-state index in [1.165, 1.54) is 11.1 Å². The third kappa shape index (κ3) is 5.54. The van der Waals surface area contributed by atoms with Crippen LogP contribution in [0.2, 0.25) is 5.02 Å². The molecule has 1 aromatic carbocycles. The highest BCUT2D eigenvalue weighted by molar-refractivity contribution is 6.32. The number of allylic oxidation sites excluding steroid dienone is 1. The molecule has 2 bridgehead atoms. The van der Waals surface area contributed by atoms with Crippen LogP contribution in [0.15, 0.2) is 30.5 Å². The van der Waals surface area contributed by atoms with E-state index in [0.717, 1.165) is 38.0 Å². The van der Waals surface area contributed by atoms with Crippen LogP contribution in [0.3, 0.4) is 0 Å². The van der Waals surface area contributed by atoms with Gasteiger partial charge in [-0.05, 0) is 68.2 Å². The number of primary amides is 1. The van der Waals surface area contributed by atoms with Crippen molar-refractivity contribution in [1.82, 2.24) is 14.9 Å². The number of methoxy groups -OCH3 is 1. The SMILES string of the molecule is COc1cc2c(cc1Nc1ncc(Cl)c(N[C@H]3[C@@H](C(N)=O)[C@@H]4C=C[C@H]3C4)n1)CCN(CC(C)(C)O)CC2. The van der Waals surface area contributed by atoms with E-state index in [2.05, 4.69) is 49.8 Å². The number of nitrogens with zero attached hydrogens (tertiary/aromatic N) is 3. The van der Waals surface area contributed by atoms with Crippen molar-refractivity contribution in [3.8, 4) is 5.75 Å². The Morgan fingerprint density at radius 1 is 1.24 bits per heavy atom. The normalized spacial score (nSPS) is 25.0. The fourth-order valence-electron chi connectivity index (χ4n) is 5.99. The Labute approximate surface area is 222 Å². The Morgan fingerprint density at radius 2 is 1.95 bits per heavy atom. The first-order chi connectivity index (χ1) is 17.6. The van der Waals surface area contributed by atoms with Gasteiger partial charge in [-0.2, -0.15) is 4.98 Å². The second-order valence-electron chi connectivity index (χ2n) is 11.0. The zero-order valence-electron chi connectivity index (χ0n) is 21.5. The second kappa shape index (κ2) is 10.1. The second-order valence-corrected chi connectivity index (χ2v) is 11.4. The van der Waals surface area contributed by atoms with E-state index < -0.39 is 5.60 Å². The molecule has 37 heavy (non-hydrogen) atoms. The van der Waals surface area contributed by atoms with Gasteiger partial charge in [0.1, 0.15) is 10.8 Å². The molecule has 1 aliphatic heterocycles. The molecule has 2 aliphatic carbocycles. The van der Waals surface area contributed by atoms with Crippen LogP contribution in [0.5, 0.6) is 5.75 Å². The third-order valence-electron chi connectivity index (χ3n) is 7.61. The van der Waals surface area contributed by atoms with E-state index in [4.69, 9.17) is 22.1 Å². The lowest BCUT2D eigenvalue weighted by molar-refractivity contribution is -0.122. The van der Waals surface area contributed by atoms with Gasteiger partial charge in [-0.1, -0.05) is 23.8 Å². The lowest BCUT2D eigenvalue weighted by Gasteiger charge is -2.27. The van der Waals surface area contributed by atoms with Crippen LogP contribution in [0, 0.1) is 17.8 Å². The highest BCUT2D eigenvalue weighted by Crippen LogP contribution is 2.45. The lowest BCUT2D eigenvalue weighted by Crippen LogP contribution is -2.41. The highest BCUT2D eigenvalue weighted by atomic mass is 35.5. The number of aromatic nitrogens is 2. The van der Waals surface area contributed by atoms with Crippen LogP contribution < -0.4 is 21.1 Å². The molecule has 1 aromatic heterocycles. The summed E-state index contributed by atoms with van der Waals surface area (Å²) in [6.45, 7) is 6.06. The molecule has 5 rings (SSSR count). The largest absolute Gasteiger partial charge is 0.495 e. The average molecular weight is 527 g/mol. The molecule has 0 spiro atoms. The van der Waals surface area contributed by atoms with Crippen molar-refractivity contribution >= 4 is 35.0 Å². The summed E-state index contributed by atoms with van der Waals surface area (Å²) in [6, 6.07) is 4.01. The molecule has 0 saturated heterocycles. The minimum Gasteiger partial charge on any atom is -0.495 e. The van der Waals surface area contributed by atoms with Crippen LogP contribution in [0.25, 0.3) is 0 Å². The van der Waals surface area contributed by atoms with Crippen molar-refractivity contribution in [2.45, 2.75) is 44.8 Å². The molecule has 198 valence electrons. The van der Waals surface area contributed by atoms with Crippen molar-refractivity contribution in [2.24, 2.45) is 23.5 Å². The number of β-amino-alcohol motifs (C(OH)–C–C–N with tert-alkyl or cyclic N) is 1. The number of ether oxygens (including phenoxy) is 1. The molecule has 2 heterocycles. The van der Waals surface area contributed by atoms with Gasteiger partial charge < -0.3 is 26.2 Å². The summed E-state index contributed by atoms with van der Waals surface area (Å²) in [5.41, 5.74) is 8.22. The molecule has 0 radical (unpaired) electrons. The topological polar surface area (TPSA) is 126 Å². The average Bonchev–Trinajstić information content (AvgIpc) is 3.39. The summed E-state index contributed by atoms with van der Waals surface area (Å²) in [6.07, 6.45) is 8.42. The smallest absolute Gasteiger partial charge is 0.229 e. The number of anilines is 3. The zero-order valence-corrected chi connectivity index (χ0v) is 22.3. The summed E-state index contributed by atoms with van der Waals surface area (Å²) in [7, 11) is 1.65. The number of carbonyl (C=O) groups excluding carboxylic acids is 1. The maximum atomic E-state index is 12.1. The number of amides is 1. The number of fused-ring (bicyclic) bond motifs is 3. The predicted molar refractivity (Wildman–Crippen MR) is 144 cm³/mol. The minimum atomic E-state index is -0.732. The molecule has 10 heteroatoms. The van der Waals surface area contributed by atoms with Gasteiger partial charge in [0.15, 0.2) is 5.82 Å². The number of nitrogens with two attached hydrogens (primary N) is 1. The van der Waals surface area contributed by atoms with Gasteiger partial charge in [0.05, 0.1) is 30.5 Å². The van der Waals surface area contributed by atoms with Crippen LogP contribution in [-0.2, 0) is 17.6 Å². The molecule has 0 unspecified atom stereocenters. The highest BCUT2D eigenvalue weighted by Gasteiger charge is 2.47. The first-order valence-corrected chi connectivity index (χ1v) is 13.2. The Bertz CT molecular complexity index is 1210. The Morgan fingerprint density at radius 3 is 2.62 bits per heavy atom. The van der Waals surface area contributed by atoms with Gasteiger partial charge in [0.25, 0.3) is 0 Å². The van der Waals surface area contributed by atoms with Crippen molar-refractivity contribution in [1.29, 1.82) is 0 Å². The van der Waals surface area contributed by atoms with Gasteiger partial charge in [-0.3, -0.25) is 9.69 Å². The number of hydrogen-bond donors (Lipinski definition) is 4.